The number of hydrogen-bond acceptors (Lipinski definition) is 10. The first kappa shape index (κ1) is 45.5. The molecule has 3 aromatic carbocycles. The number of rotatable bonds is 12. The minimum Gasteiger partial charge on any atom is -0.453 e. The molecule has 4 aliphatic heterocycles. The lowest BCUT2D eigenvalue weighted by molar-refractivity contribution is -0.139. The standard InChI is InChI=1S/C52H62N8O8/c1-5-38-14-15-41(59(38)48(61)44(57-50(63)65-3)32-16-20-67-21-17-32)46-53-29-40(56-46)37-13-12-35-24-34(10-11-36(35)25-37)30-6-8-31(9-7-30)39-28-54-47(55-39)42-26-52(2)27-43(52)60(42)49(62)45(58-51(64)66-4)33-18-22-68-23-19-33/h6-13,24-25,28-29,32-33,38,41-45H,5,14-23,26-27H2,1-4H3,(H,53,56)(H,54,55)(H,57,63)(H,58,64)/t38-,41+,42+,43+,44+,45?,52-/m1/s1. The number of carbonyl (C=O) groups excluding carboxylic acids is 4. The highest BCUT2D eigenvalue weighted by Gasteiger charge is 2.64. The Hall–Kier alpha value is -6.26. The molecule has 2 aromatic heterocycles. The van der Waals surface area contributed by atoms with Gasteiger partial charge in [-0.05, 0) is 115 Å². The summed E-state index contributed by atoms with van der Waals surface area (Å²) >= 11 is 0. The maximum Gasteiger partial charge on any atom is 0.407 e. The third kappa shape index (κ3) is 8.84. The predicted molar refractivity (Wildman–Crippen MR) is 254 cm³/mol. The number of H-pyrrole nitrogens is 2. The van der Waals surface area contributed by atoms with Gasteiger partial charge in [0.15, 0.2) is 0 Å². The Kier molecular flexibility index (Phi) is 12.7. The molecular weight excluding hydrogens is 865 g/mol. The first-order valence-electron chi connectivity index (χ1n) is 24.3. The normalized spacial score (nSPS) is 24.9. The largest absolute Gasteiger partial charge is 0.453 e. The number of nitrogens with one attached hydrogen (secondary N) is 4. The van der Waals surface area contributed by atoms with Crippen LogP contribution in [0.2, 0.25) is 0 Å². The number of methoxy groups -OCH3 is 2. The van der Waals surface area contributed by atoms with Gasteiger partial charge in [0.2, 0.25) is 11.8 Å². The fourth-order valence-electron chi connectivity index (χ4n) is 11.5. The number of amides is 4. The van der Waals surface area contributed by atoms with Crippen molar-refractivity contribution in [3.8, 4) is 33.6 Å². The lowest BCUT2D eigenvalue weighted by atomic mass is 9.90. The Morgan fingerprint density at radius 2 is 1.16 bits per heavy atom. The van der Waals surface area contributed by atoms with Crippen molar-refractivity contribution in [3.63, 3.8) is 0 Å². The molecule has 16 nitrogen and oxygen atoms in total. The number of aromatic nitrogens is 4. The van der Waals surface area contributed by atoms with E-state index in [0.29, 0.717) is 52.1 Å². The summed E-state index contributed by atoms with van der Waals surface area (Å²) in [5.41, 5.74) is 5.93. The van der Waals surface area contributed by atoms with Crippen LogP contribution in [-0.4, -0.2) is 119 Å². The summed E-state index contributed by atoms with van der Waals surface area (Å²) in [4.78, 5) is 74.4. The Balaban J connectivity index is 0.828. The van der Waals surface area contributed by atoms with Crippen molar-refractivity contribution in [2.45, 2.75) is 108 Å². The lowest BCUT2D eigenvalue weighted by Gasteiger charge is -2.36. The molecule has 5 aliphatic rings. The summed E-state index contributed by atoms with van der Waals surface area (Å²) < 4.78 is 21.0. The van der Waals surface area contributed by atoms with Gasteiger partial charge < -0.3 is 49.3 Å². The van der Waals surface area contributed by atoms with Gasteiger partial charge in [-0.15, -0.1) is 0 Å². The van der Waals surface area contributed by atoms with Crippen molar-refractivity contribution in [2.75, 3.05) is 40.6 Å². The molecule has 0 spiro atoms. The highest BCUT2D eigenvalue weighted by atomic mass is 16.5. The van der Waals surface area contributed by atoms with Gasteiger partial charge in [0, 0.05) is 44.1 Å². The average Bonchev–Trinajstić information content (AvgIpc) is 3.98. The summed E-state index contributed by atoms with van der Waals surface area (Å²) in [5, 5.41) is 7.93. The third-order valence-electron chi connectivity index (χ3n) is 15.5. The lowest BCUT2D eigenvalue weighted by Crippen LogP contribution is -2.54. The van der Waals surface area contributed by atoms with Crippen LogP contribution in [0, 0.1) is 17.3 Å². The van der Waals surface area contributed by atoms with Crippen LogP contribution in [-0.2, 0) is 28.5 Å². The van der Waals surface area contributed by atoms with Gasteiger partial charge in [-0.2, -0.15) is 0 Å². The fraction of sp³-hybridized carbons (Fsp3) is 0.500. The Bertz CT molecular complexity index is 2650. The van der Waals surface area contributed by atoms with E-state index in [4.69, 9.17) is 28.9 Å². The van der Waals surface area contributed by atoms with Crippen LogP contribution < -0.4 is 10.6 Å². The van der Waals surface area contributed by atoms with Crippen LogP contribution in [0.4, 0.5) is 9.59 Å². The van der Waals surface area contributed by atoms with Crippen molar-refractivity contribution < 1.29 is 38.1 Å². The molecule has 1 unspecified atom stereocenters. The SMILES string of the molecule is CC[C@@H]1CC[C@@H](c2ncc(-c3ccc4cc(-c5ccc(-c6cnc([C@@H]7C[C@]8(C)C[C@@H]8N7C(=O)C(NC(=O)OC)C7CCOCC7)[nH]6)cc5)ccc4c3)[nH]2)N1C(=O)[C@@H](NC(=O)OC)C1CCOCC1. The number of aromatic amines is 2. The molecule has 68 heavy (non-hydrogen) atoms. The van der Waals surface area contributed by atoms with E-state index in [1.807, 2.05) is 22.2 Å². The van der Waals surface area contributed by atoms with Crippen LogP contribution in [0.15, 0.2) is 73.1 Å². The number of nitrogens with zero attached hydrogens (tertiary/aromatic N) is 4. The van der Waals surface area contributed by atoms with Crippen molar-refractivity contribution in [1.82, 2.24) is 40.4 Å². The number of piperidine rings is 1. The number of imidazole rings is 2. The number of fused-ring (bicyclic) bond motifs is 2. The second-order valence-corrected chi connectivity index (χ2v) is 19.6. The van der Waals surface area contributed by atoms with Gasteiger partial charge >= 0.3 is 12.2 Å². The maximum absolute atomic E-state index is 14.4. The number of carbonyl (C=O) groups is 4. The molecule has 0 radical (unpaired) electrons. The second kappa shape index (κ2) is 19.0. The molecule has 16 heteroatoms. The minimum absolute atomic E-state index is 0.0201. The predicted octanol–water partition coefficient (Wildman–Crippen LogP) is 8.08. The quantitative estimate of drug-likeness (QED) is 0.0951. The number of alkyl carbamates (subject to hydrolysis) is 2. The Morgan fingerprint density at radius 1 is 0.662 bits per heavy atom. The number of hydrogen-bond donors (Lipinski definition) is 4. The van der Waals surface area contributed by atoms with Crippen LogP contribution in [0.5, 0.6) is 0 Å². The van der Waals surface area contributed by atoms with Crippen LogP contribution in [0.3, 0.4) is 0 Å². The Morgan fingerprint density at radius 3 is 1.74 bits per heavy atom. The summed E-state index contributed by atoms with van der Waals surface area (Å²) in [6, 6.07) is 19.6. The molecule has 10 rings (SSSR count). The third-order valence-corrected chi connectivity index (χ3v) is 15.5. The first-order chi connectivity index (χ1) is 33.0. The van der Waals surface area contributed by atoms with E-state index in [-0.39, 0.29) is 53.2 Å². The smallest absolute Gasteiger partial charge is 0.407 e. The zero-order valence-electron chi connectivity index (χ0n) is 39.3. The molecule has 1 aliphatic carbocycles. The average molecular weight is 927 g/mol. The van der Waals surface area contributed by atoms with Gasteiger partial charge in [0.25, 0.3) is 0 Å². The molecular formula is C52H62N8O8. The van der Waals surface area contributed by atoms with E-state index in [9.17, 15) is 19.2 Å². The maximum atomic E-state index is 14.4. The van der Waals surface area contributed by atoms with Gasteiger partial charge in [-0.1, -0.05) is 62.4 Å². The molecule has 358 valence electrons. The minimum atomic E-state index is -0.702. The van der Waals surface area contributed by atoms with Crippen molar-refractivity contribution in [2.24, 2.45) is 17.3 Å². The Labute approximate surface area is 396 Å². The highest BCUT2D eigenvalue weighted by molar-refractivity contribution is 5.91. The molecule has 5 fully saturated rings. The van der Waals surface area contributed by atoms with E-state index in [1.54, 1.807) is 0 Å². The summed E-state index contributed by atoms with van der Waals surface area (Å²) in [5.74, 6) is 1.24. The summed E-state index contributed by atoms with van der Waals surface area (Å²) in [7, 11) is 2.64. The van der Waals surface area contributed by atoms with Crippen molar-refractivity contribution in [1.29, 1.82) is 0 Å². The van der Waals surface area contributed by atoms with E-state index < -0.39 is 24.3 Å². The van der Waals surface area contributed by atoms with Crippen molar-refractivity contribution in [3.05, 3.63) is 84.7 Å². The fourth-order valence-corrected chi connectivity index (χ4v) is 11.5. The highest BCUT2D eigenvalue weighted by Crippen LogP contribution is 2.63. The summed E-state index contributed by atoms with van der Waals surface area (Å²) in [6.45, 7) is 6.56. The van der Waals surface area contributed by atoms with E-state index in [0.717, 1.165) is 88.2 Å². The van der Waals surface area contributed by atoms with E-state index in [1.165, 1.54) is 14.2 Å². The van der Waals surface area contributed by atoms with Crippen molar-refractivity contribution >= 4 is 34.8 Å². The van der Waals surface area contributed by atoms with Crippen LogP contribution >= 0.6 is 0 Å². The molecule has 7 atom stereocenters. The zero-order valence-corrected chi connectivity index (χ0v) is 39.3. The summed E-state index contributed by atoms with van der Waals surface area (Å²) in [6.07, 6.45) is 9.42. The second-order valence-electron chi connectivity index (χ2n) is 19.6. The van der Waals surface area contributed by atoms with Crippen LogP contribution in [0.1, 0.15) is 95.4 Å². The van der Waals surface area contributed by atoms with E-state index >= 15 is 0 Å². The van der Waals surface area contributed by atoms with Crippen LogP contribution in [0.25, 0.3) is 44.4 Å². The monoisotopic (exact) mass is 926 g/mol. The number of ether oxygens (including phenoxy) is 4. The van der Waals surface area contributed by atoms with Gasteiger partial charge in [-0.3, -0.25) is 9.59 Å². The van der Waals surface area contributed by atoms with Gasteiger partial charge in [0.1, 0.15) is 23.7 Å². The topological polar surface area (TPSA) is 193 Å². The molecule has 4 N–H and O–H groups in total. The van der Waals surface area contributed by atoms with Gasteiger partial charge in [0.05, 0.1) is 50.1 Å². The zero-order chi connectivity index (χ0) is 47.1. The number of likely N-dealkylation sites (tertiary alicyclic amines) is 2. The molecule has 4 amide bonds. The molecule has 1 saturated carbocycles. The molecule has 4 saturated heterocycles. The van der Waals surface area contributed by atoms with E-state index in [2.05, 4.69) is 95.1 Å². The molecule has 6 heterocycles. The first-order valence-corrected chi connectivity index (χ1v) is 24.3. The van der Waals surface area contributed by atoms with Gasteiger partial charge in [-0.25, -0.2) is 19.6 Å². The molecule has 0 bridgehead atoms. The molecule has 5 aromatic rings. The number of benzene rings is 3.